The van der Waals surface area contributed by atoms with Gasteiger partial charge in [0.05, 0.1) is 11.5 Å². The van der Waals surface area contributed by atoms with Gasteiger partial charge in [-0.3, -0.25) is 14.4 Å². The van der Waals surface area contributed by atoms with E-state index in [1.807, 2.05) is 50.2 Å². The van der Waals surface area contributed by atoms with Crippen LogP contribution < -0.4 is 5.32 Å². The van der Waals surface area contributed by atoms with E-state index in [0.29, 0.717) is 18.0 Å². The number of para-hydroxylation sites is 1. The predicted molar refractivity (Wildman–Crippen MR) is 150 cm³/mol. The van der Waals surface area contributed by atoms with Crippen molar-refractivity contribution in [1.82, 2.24) is 14.8 Å². The maximum absolute atomic E-state index is 14.1. The summed E-state index contributed by atoms with van der Waals surface area (Å²) in [6, 6.07) is 16.1. The van der Waals surface area contributed by atoms with Gasteiger partial charge in [-0.05, 0) is 53.6 Å². The van der Waals surface area contributed by atoms with Crippen molar-refractivity contribution in [1.29, 1.82) is 5.26 Å². The van der Waals surface area contributed by atoms with Crippen LogP contribution >= 0.6 is 0 Å². The number of anilines is 1. The lowest BCUT2D eigenvalue weighted by Gasteiger charge is -2.33. The number of likely N-dealkylation sites (N-methyl/N-ethyl adjacent to an activating group) is 1. The number of benzene rings is 2. The number of H-pyrrole nitrogens is 1. The summed E-state index contributed by atoms with van der Waals surface area (Å²) < 4.78 is 0. The monoisotopic (exact) mass is 525 g/mol. The van der Waals surface area contributed by atoms with Crippen LogP contribution in [0.25, 0.3) is 10.9 Å². The maximum atomic E-state index is 14.1. The van der Waals surface area contributed by atoms with Crippen molar-refractivity contribution in [3.63, 3.8) is 0 Å². The van der Waals surface area contributed by atoms with Crippen LogP contribution in [0.2, 0.25) is 0 Å². The Morgan fingerprint density at radius 1 is 1.15 bits per heavy atom. The molecule has 39 heavy (non-hydrogen) atoms. The number of amides is 3. The van der Waals surface area contributed by atoms with E-state index >= 15 is 0 Å². The number of hydrogen-bond donors (Lipinski definition) is 2. The van der Waals surface area contributed by atoms with E-state index in [1.165, 1.54) is 15.4 Å². The van der Waals surface area contributed by atoms with E-state index in [-0.39, 0.29) is 36.6 Å². The third kappa shape index (κ3) is 4.46. The van der Waals surface area contributed by atoms with Crippen molar-refractivity contribution in [3.05, 3.63) is 65.4 Å². The van der Waals surface area contributed by atoms with Gasteiger partial charge in [-0.25, -0.2) is 0 Å². The molecule has 5 rings (SSSR count). The molecule has 0 saturated carbocycles. The molecule has 0 radical (unpaired) electrons. The summed E-state index contributed by atoms with van der Waals surface area (Å²) in [5.41, 5.74) is 3.02. The summed E-state index contributed by atoms with van der Waals surface area (Å²) >= 11 is 0. The number of hydrogen-bond acceptors (Lipinski definition) is 4. The van der Waals surface area contributed by atoms with Gasteiger partial charge in [0, 0.05) is 36.6 Å². The average Bonchev–Trinajstić information content (AvgIpc) is 3.59. The molecule has 8 heteroatoms. The quantitative estimate of drug-likeness (QED) is 0.482. The van der Waals surface area contributed by atoms with Crippen LogP contribution in [0.1, 0.15) is 68.1 Å². The third-order valence-corrected chi connectivity index (χ3v) is 8.23. The molecule has 1 aromatic heterocycles. The molecule has 0 aliphatic carbocycles. The molecule has 0 bridgehead atoms. The lowest BCUT2D eigenvalue weighted by atomic mass is 9.80. The summed E-state index contributed by atoms with van der Waals surface area (Å²) in [6.45, 7) is 8.36. The van der Waals surface area contributed by atoms with Gasteiger partial charge in [0.1, 0.15) is 17.8 Å². The van der Waals surface area contributed by atoms with Gasteiger partial charge < -0.3 is 20.1 Å². The molecule has 2 aliphatic rings. The standard InChI is InChI=1S/C31H35N5O3/c1-18(2)12-27(35(5)28(37)26-14-21-13-20(19(3)4)10-11-24(21)33-26)29(38)36-17-31(15-22(36)16-32)23-8-6-7-9-25(23)34-30(31)39/h6-11,13-14,18-19,22,27,33H,12,15,17H2,1-5H3,(H,34,39)/t22-,27-,31-/m0/s1. The van der Waals surface area contributed by atoms with Crippen molar-refractivity contribution in [2.75, 3.05) is 18.9 Å². The summed E-state index contributed by atoms with van der Waals surface area (Å²) in [5, 5.41) is 13.9. The zero-order valence-corrected chi connectivity index (χ0v) is 23.1. The zero-order chi connectivity index (χ0) is 28.1. The Morgan fingerprint density at radius 3 is 2.59 bits per heavy atom. The SMILES string of the molecule is CC(C)C[C@@H](C(=O)N1C[C@]2(C[C@H]1C#N)C(=O)Nc1ccccc12)N(C)C(=O)c1cc2cc(C(C)C)ccc2[nH]1. The van der Waals surface area contributed by atoms with Gasteiger partial charge in [0.15, 0.2) is 0 Å². The summed E-state index contributed by atoms with van der Waals surface area (Å²) in [7, 11) is 1.64. The van der Waals surface area contributed by atoms with Crippen LogP contribution in [0.15, 0.2) is 48.5 Å². The highest BCUT2D eigenvalue weighted by Crippen LogP contribution is 2.46. The molecule has 3 atom stereocenters. The first-order chi connectivity index (χ1) is 18.6. The second kappa shape index (κ2) is 9.88. The van der Waals surface area contributed by atoms with Gasteiger partial charge in [0.25, 0.3) is 5.91 Å². The Labute approximate surface area is 229 Å². The Morgan fingerprint density at radius 2 is 1.90 bits per heavy atom. The Hall–Kier alpha value is -4.12. The van der Waals surface area contributed by atoms with Gasteiger partial charge in [-0.2, -0.15) is 5.26 Å². The first kappa shape index (κ1) is 26.5. The lowest BCUT2D eigenvalue weighted by Crippen LogP contribution is -2.52. The summed E-state index contributed by atoms with van der Waals surface area (Å²) in [4.78, 5) is 47.2. The number of aromatic nitrogens is 1. The number of fused-ring (bicyclic) bond motifs is 3. The number of rotatable bonds is 6. The number of nitrogens with zero attached hydrogens (tertiary/aromatic N) is 3. The molecule has 1 saturated heterocycles. The summed E-state index contributed by atoms with van der Waals surface area (Å²) in [5.74, 6) is -0.299. The molecule has 8 nitrogen and oxygen atoms in total. The minimum Gasteiger partial charge on any atom is -0.351 e. The molecule has 2 N–H and O–H groups in total. The number of aromatic amines is 1. The summed E-state index contributed by atoms with van der Waals surface area (Å²) in [6.07, 6.45) is 0.660. The zero-order valence-electron chi connectivity index (χ0n) is 23.1. The minimum absolute atomic E-state index is 0.105. The molecular formula is C31H35N5O3. The van der Waals surface area contributed by atoms with Crippen molar-refractivity contribution in [2.24, 2.45) is 5.92 Å². The van der Waals surface area contributed by atoms with Crippen molar-refractivity contribution < 1.29 is 14.4 Å². The first-order valence-electron chi connectivity index (χ1n) is 13.6. The highest BCUT2D eigenvalue weighted by Gasteiger charge is 2.56. The fourth-order valence-electron chi connectivity index (χ4n) is 6.01. The molecule has 3 amide bonds. The van der Waals surface area contributed by atoms with E-state index in [9.17, 15) is 19.6 Å². The number of nitrogens with one attached hydrogen (secondary N) is 2. The Kier molecular flexibility index (Phi) is 6.71. The van der Waals surface area contributed by atoms with Gasteiger partial charge in [-0.1, -0.05) is 52.0 Å². The second-order valence-electron chi connectivity index (χ2n) is 11.6. The fraction of sp³-hybridized carbons (Fsp3) is 0.419. The predicted octanol–water partition coefficient (Wildman–Crippen LogP) is 4.79. The molecular weight excluding hydrogens is 490 g/mol. The van der Waals surface area contributed by atoms with E-state index in [0.717, 1.165) is 22.2 Å². The number of nitriles is 1. The molecule has 3 heterocycles. The van der Waals surface area contributed by atoms with Gasteiger partial charge in [0.2, 0.25) is 11.8 Å². The Bertz CT molecular complexity index is 1500. The molecule has 3 aromatic rings. The number of carbonyl (C=O) groups is 3. The molecule has 1 spiro atoms. The van der Waals surface area contributed by atoms with Gasteiger partial charge >= 0.3 is 0 Å². The molecule has 0 unspecified atom stereocenters. The minimum atomic E-state index is -0.969. The van der Waals surface area contributed by atoms with Crippen molar-refractivity contribution in [3.8, 4) is 6.07 Å². The number of likely N-dealkylation sites (tertiary alicyclic amines) is 1. The molecule has 2 aliphatic heterocycles. The molecule has 2 aromatic carbocycles. The highest BCUT2D eigenvalue weighted by molar-refractivity contribution is 6.07. The van der Waals surface area contributed by atoms with Crippen LogP contribution in [0.4, 0.5) is 5.69 Å². The van der Waals surface area contributed by atoms with Crippen LogP contribution in [-0.2, 0) is 15.0 Å². The maximum Gasteiger partial charge on any atom is 0.270 e. The number of carbonyl (C=O) groups excluding carboxylic acids is 3. The van der Waals surface area contributed by atoms with Crippen LogP contribution in [0, 0.1) is 17.2 Å². The van der Waals surface area contributed by atoms with Gasteiger partial charge in [-0.15, -0.1) is 0 Å². The average molecular weight is 526 g/mol. The second-order valence-corrected chi connectivity index (χ2v) is 11.6. The van der Waals surface area contributed by atoms with Crippen LogP contribution in [0.5, 0.6) is 0 Å². The van der Waals surface area contributed by atoms with E-state index < -0.39 is 17.5 Å². The van der Waals surface area contributed by atoms with E-state index in [1.54, 1.807) is 7.05 Å². The topological polar surface area (TPSA) is 109 Å². The fourth-order valence-corrected chi connectivity index (χ4v) is 6.01. The highest BCUT2D eigenvalue weighted by atomic mass is 16.2. The van der Waals surface area contributed by atoms with Crippen molar-refractivity contribution >= 4 is 34.3 Å². The first-order valence-corrected chi connectivity index (χ1v) is 13.6. The molecule has 202 valence electrons. The van der Waals surface area contributed by atoms with Crippen LogP contribution in [0.3, 0.4) is 0 Å². The van der Waals surface area contributed by atoms with Crippen LogP contribution in [-0.4, -0.2) is 58.2 Å². The third-order valence-electron chi connectivity index (χ3n) is 8.23. The lowest BCUT2D eigenvalue weighted by molar-refractivity contribution is -0.136. The smallest absolute Gasteiger partial charge is 0.270 e. The molecule has 1 fully saturated rings. The largest absolute Gasteiger partial charge is 0.351 e. The Balaban J connectivity index is 1.45. The normalized spacial score (nSPS) is 20.9. The van der Waals surface area contributed by atoms with E-state index in [4.69, 9.17) is 0 Å². The van der Waals surface area contributed by atoms with Crippen molar-refractivity contribution in [2.45, 2.75) is 64.0 Å². The van der Waals surface area contributed by atoms with E-state index in [2.05, 4.69) is 42.4 Å².